The van der Waals surface area contributed by atoms with Crippen LogP contribution >= 0.6 is 11.3 Å². The highest BCUT2D eigenvalue weighted by Gasteiger charge is 2.05. The second kappa shape index (κ2) is 7.23. The van der Waals surface area contributed by atoms with Gasteiger partial charge in [-0.15, -0.1) is 0 Å². The van der Waals surface area contributed by atoms with Gasteiger partial charge in [-0.1, -0.05) is 23.5 Å². The Morgan fingerprint density at radius 2 is 1.96 bits per heavy atom. The fraction of sp³-hybridized carbons (Fsp3) is 0.111. The van der Waals surface area contributed by atoms with Gasteiger partial charge in [0.05, 0.1) is 15.1 Å². The first-order chi connectivity index (χ1) is 12.1. The molecule has 0 spiro atoms. The van der Waals surface area contributed by atoms with E-state index in [0.717, 1.165) is 16.8 Å². The third-order valence-corrected chi connectivity index (χ3v) is 4.69. The van der Waals surface area contributed by atoms with Crippen LogP contribution in [0.4, 0.5) is 5.69 Å². The molecule has 3 rings (SSSR count). The molecule has 1 aromatic heterocycles. The lowest BCUT2D eigenvalue weighted by Crippen LogP contribution is -2.15. The van der Waals surface area contributed by atoms with E-state index in [2.05, 4.69) is 4.99 Å². The van der Waals surface area contributed by atoms with E-state index in [1.54, 1.807) is 18.2 Å². The zero-order chi connectivity index (χ0) is 17.8. The second-order valence-corrected chi connectivity index (χ2v) is 6.24. The molecular formula is C18H15N3O3S. The van der Waals surface area contributed by atoms with Crippen LogP contribution < -0.4 is 4.80 Å². The van der Waals surface area contributed by atoms with Crippen molar-refractivity contribution in [2.24, 2.45) is 4.99 Å². The standard InChI is InChI=1S/C18H15N3O3S/c1-2-20-15-5-3-4-6-16(15)25-18(20)19-17(22)12-9-13-7-10-14(11-8-13)21(23)24/h3-12H,2H2,1H3. The Balaban J connectivity index is 1.86. The molecular weight excluding hydrogens is 338 g/mol. The fourth-order valence-electron chi connectivity index (χ4n) is 2.42. The average molecular weight is 353 g/mol. The van der Waals surface area contributed by atoms with E-state index in [0.29, 0.717) is 10.4 Å². The van der Waals surface area contributed by atoms with Crippen LogP contribution in [0.3, 0.4) is 0 Å². The van der Waals surface area contributed by atoms with E-state index in [-0.39, 0.29) is 11.6 Å². The van der Waals surface area contributed by atoms with E-state index in [1.807, 2.05) is 35.8 Å². The van der Waals surface area contributed by atoms with Crippen LogP contribution in [0, 0.1) is 10.1 Å². The minimum Gasteiger partial charge on any atom is -0.317 e. The molecule has 0 radical (unpaired) electrons. The summed E-state index contributed by atoms with van der Waals surface area (Å²) in [5.41, 5.74) is 1.78. The molecule has 0 aliphatic rings. The number of carbonyl (C=O) groups excluding carboxylic acids is 1. The lowest BCUT2D eigenvalue weighted by atomic mass is 10.2. The lowest BCUT2D eigenvalue weighted by molar-refractivity contribution is -0.384. The van der Waals surface area contributed by atoms with Crippen molar-refractivity contribution in [2.45, 2.75) is 13.5 Å². The van der Waals surface area contributed by atoms with Gasteiger partial charge >= 0.3 is 0 Å². The van der Waals surface area contributed by atoms with Crippen molar-refractivity contribution in [3.8, 4) is 0 Å². The van der Waals surface area contributed by atoms with E-state index >= 15 is 0 Å². The number of para-hydroxylation sites is 1. The third-order valence-electron chi connectivity index (χ3n) is 3.63. The number of fused-ring (bicyclic) bond motifs is 1. The minimum absolute atomic E-state index is 0.0161. The maximum absolute atomic E-state index is 12.1. The van der Waals surface area contributed by atoms with Crippen LogP contribution in [0.25, 0.3) is 16.3 Å². The fourth-order valence-corrected chi connectivity index (χ4v) is 3.52. The number of hydrogen-bond donors (Lipinski definition) is 0. The number of rotatable bonds is 4. The van der Waals surface area contributed by atoms with Crippen molar-refractivity contribution in [1.29, 1.82) is 0 Å². The highest BCUT2D eigenvalue weighted by molar-refractivity contribution is 7.16. The number of hydrogen-bond acceptors (Lipinski definition) is 4. The molecule has 25 heavy (non-hydrogen) atoms. The third kappa shape index (κ3) is 3.72. The first-order valence-corrected chi connectivity index (χ1v) is 8.49. The SMILES string of the molecule is CCn1c(=NC(=O)C=Cc2ccc([N+](=O)[O-])cc2)sc2ccccc21. The number of aryl methyl sites for hydroxylation is 1. The van der Waals surface area contributed by atoms with Crippen molar-refractivity contribution in [1.82, 2.24) is 4.57 Å². The van der Waals surface area contributed by atoms with Gasteiger partial charge in [-0.2, -0.15) is 4.99 Å². The first-order valence-electron chi connectivity index (χ1n) is 7.68. The number of nitrogens with zero attached hydrogens (tertiary/aromatic N) is 3. The molecule has 7 heteroatoms. The summed E-state index contributed by atoms with van der Waals surface area (Å²) in [6.45, 7) is 2.73. The maximum atomic E-state index is 12.1. The van der Waals surface area contributed by atoms with E-state index in [9.17, 15) is 14.9 Å². The highest BCUT2D eigenvalue weighted by atomic mass is 32.1. The summed E-state index contributed by atoms with van der Waals surface area (Å²) in [6.07, 6.45) is 2.96. The van der Waals surface area contributed by atoms with Gasteiger partial charge in [0.1, 0.15) is 0 Å². The predicted molar refractivity (Wildman–Crippen MR) is 98.2 cm³/mol. The van der Waals surface area contributed by atoms with Crippen molar-refractivity contribution in [2.75, 3.05) is 0 Å². The smallest absolute Gasteiger partial charge is 0.272 e. The maximum Gasteiger partial charge on any atom is 0.272 e. The van der Waals surface area contributed by atoms with Crippen molar-refractivity contribution in [3.63, 3.8) is 0 Å². The molecule has 3 aromatic rings. The second-order valence-electron chi connectivity index (χ2n) is 5.23. The van der Waals surface area contributed by atoms with Gasteiger partial charge in [-0.3, -0.25) is 14.9 Å². The number of amides is 1. The van der Waals surface area contributed by atoms with Gasteiger partial charge in [-0.25, -0.2) is 0 Å². The normalized spacial score (nSPS) is 12.1. The summed E-state index contributed by atoms with van der Waals surface area (Å²) in [5.74, 6) is -0.368. The molecule has 0 saturated carbocycles. The van der Waals surface area contributed by atoms with E-state index < -0.39 is 4.92 Å². The van der Waals surface area contributed by atoms with Crippen LogP contribution in [0.1, 0.15) is 12.5 Å². The molecule has 126 valence electrons. The van der Waals surface area contributed by atoms with Crippen LogP contribution in [0.2, 0.25) is 0 Å². The minimum atomic E-state index is -0.459. The molecule has 0 aliphatic heterocycles. The van der Waals surface area contributed by atoms with E-state index in [1.165, 1.54) is 29.5 Å². The van der Waals surface area contributed by atoms with Gasteiger partial charge in [0.2, 0.25) is 0 Å². The number of aromatic nitrogens is 1. The molecule has 0 fully saturated rings. The molecule has 0 saturated heterocycles. The van der Waals surface area contributed by atoms with Gasteiger partial charge in [0, 0.05) is 24.8 Å². The number of nitro groups is 1. The molecule has 0 bridgehead atoms. The molecule has 0 unspecified atom stereocenters. The number of benzene rings is 2. The van der Waals surface area contributed by atoms with Crippen LogP contribution in [-0.4, -0.2) is 15.4 Å². The zero-order valence-corrected chi connectivity index (χ0v) is 14.3. The number of nitro benzene ring substituents is 1. The summed E-state index contributed by atoms with van der Waals surface area (Å²) < 4.78 is 3.08. The van der Waals surface area contributed by atoms with Crippen molar-refractivity contribution in [3.05, 3.63) is 75.1 Å². The quantitative estimate of drug-likeness (QED) is 0.407. The molecule has 1 amide bonds. The molecule has 0 aliphatic carbocycles. The van der Waals surface area contributed by atoms with Gasteiger partial charge < -0.3 is 4.57 Å². The van der Waals surface area contributed by atoms with Crippen LogP contribution in [0.15, 0.2) is 59.6 Å². The van der Waals surface area contributed by atoms with Crippen molar-refractivity contribution < 1.29 is 9.72 Å². The average Bonchev–Trinajstić information content (AvgIpc) is 2.97. The molecule has 6 nitrogen and oxygen atoms in total. The number of carbonyl (C=O) groups is 1. The summed E-state index contributed by atoms with van der Waals surface area (Å²) >= 11 is 1.47. The topological polar surface area (TPSA) is 77.5 Å². The highest BCUT2D eigenvalue weighted by Crippen LogP contribution is 2.16. The summed E-state index contributed by atoms with van der Waals surface area (Å²) in [6, 6.07) is 13.9. The van der Waals surface area contributed by atoms with Gasteiger partial charge in [0.25, 0.3) is 11.6 Å². The Kier molecular flexibility index (Phi) is 4.85. The Morgan fingerprint density at radius 1 is 1.24 bits per heavy atom. The monoisotopic (exact) mass is 353 g/mol. The number of thiazole rings is 1. The lowest BCUT2D eigenvalue weighted by Gasteiger charge is -1.98. The van der Waals surface area contributed by atoms with Crippen LogP contribution in [0.5, 0.6) is 0 Å². The Hall–Kier alpha value is -3.06. The summed E-state index contributed by atoms with van der Waals surface area (Å²) in [7, 11) is 0. The predicted octanol–water partition coefficient (Wildman–Crippen LogP) is 3.77. The number of non-ortho nitro benzene ring substituents is 1. The summed E-state index contributed by atoms with van der Waals surface area (Å²) in [4.78, 5) is 27.1. The molecule has 1 heterocycles. The Morgan fingerprint density at radius 3 is 2.64 bits per heavy atom. The molecule has 0 N–H and O–H groups in total. The Labute approximate surface area is 147 Å². The summed E-state index contributed by atoms with van der Waals surface area (Å²) in [5, 5.41) is 10.6. The molecule has 2 aromatic carbocycles. The zero-order valence-electron chi connectivity index (χ0n) is 13.5. The first kappa shape index (κ1) is 16.8. The van der Waals surface area contributed by atoms with E-state index in [4.69, 9.17) is 0 Å². The van der Waals surface area contributed by atoms with Gasteiger partial charge in [-0.05, 0) is 42.8 Å². The Bertz CT molecular complexity index is 1030. The molecule has 0 atom stereocenters. The van der Waals surface area contributed by atoms with Crippen LogP contribution in [-0.2, 0) is 11.3 Å². The van der Waals surface area contributed by atoms with Gasteiger partial charge in [0.15, 0.2) is 4.80 Å². The van der Waals surface area contributed by atoms with Crippen molar-refractivity contribution >= 4 is 39.2 Å². The largest absolute Gasteiger partial charge is 0.317 e.